The average Bonchev–Trinajstić information content (AvgIpc) is 2.97. The predicted molar refractivity (Wildman–Crippen MR) is 75.5 cm³/mol. The smallest absolute Gasteiger partial charge is 0.269 e. The van der Waals surface area contributed by atoms with Crippen LogP contribution < -0.4 is 10.6 Å². The van der Waals surface area contributed by atoms with E-state index in [1.165, 1.54) is 12.1 Å². The number of amides is 1. The first-order chi connectivity index (χ1) is 9.58. The number of nitro groups is 1. The molecule has 20 heavy (non-hydrogen) atoms. The molecule has 0 bridgehead atoms. The van der Waals surface area contributed by atoms with Crippen LogP contribution >= 0.6 is 0 Å². The van der Waals surface area contributed by atoms with Gasteiger partial charge in [-0.1, -0.05) is 12.1 Å². The number of nitrogens with one attached hydrogen (secondary N) is 2. The van der Waals surface area contributed by atoms with Crippen LogP contribution in [0.25, 0.3) is 0 Å². The van der Waals surface area contributed by atoms with Crippen molar-refractivity contribution in [1.82, 2.24) is 10.6 Å². The van der Waals surface area contributed by atoms with E-state index in [1.54, 1.807) is 19.1 Å². The van der Waals surface area contributed by atoms with Gasteiger partial charge in [0.2, 0.25) is 5.91 Å². The maximum absolute atomic E-state index is 12.1. The first kappa shape index (κ1) is 14.5. The average molecular weight is 277 g/mol. The Morgan fingerprint density at radius 1 is 1.60 bits per heavy atom. The summed E-state index contributed by atoms with van der Waals surface area (Å²) in [5, 5.41) is 16.9. The van der Waals surface area contributed by atoms with Crippen LogP contribution in [-0.4, -0.2) is 30.5 Å². The number of carbonyl (C=O) groups excluding carboxylic acids is 1. The highest BCUT2D eigenvalue weighted by atomic mass is 16.6. The van der Waals surface area contributed by atoms with Gasteiger partial charge in [-0.15, -0.1) is 0 Å². The Morgan fingerprint density at radius 3 is 3.05 bits per heavy atom. The Labute approximate surface area is 117 Å². The Balaban J connectivity index is 1.95. The molecule has 6 nitrogen and oxygen atoms in total. The Kier molecular flexibility index (Phi) is 4.68. The van der Waals surface area contributed by atoms with Crippen LogP contribution in [0, 0.1) is 16.0 Å². The summed E-state index contributed by atoms with van der Waals surface area (Å²) in [6.45, 7) is 4.36. The van der Waals surface area contributed by atoms with Gasteiger partial charge in [-0.25, -0.2) is 0 Å². The Morgan fingerprint density at radius 2 is 2.40 bits per heavy atom. The maximum Gasteiger partial charge on any atom is 0.269 e. The van der Waals surface area contributed by atoms with Crippen LogP contribution in [-0.2, 0) is 4.79 Å². The Bertz CT molecular complexity index is 498. The summed E-state index contributed by atoms with van der Waals surface area (Å²) in [7, 11) is 0. The highest BCUT2D eigenvalue weighted by Gasteiger charge is 2.20. The molecule has 1 saturated heterocycles. The molecule has 2 atom stereocenters. The fourth-order valence-corrected chi connectivity index (χ4v) is 2.35. The lowest BCUT2D eigenvalue weighted by atomic mass is 9.99. The fourth-order valence-electron chi connectivity index (χ4n) is 2.35. The van der Waals surface area contributed by atoms with Gasteiger partial charge in [0.05, 0.1) is 10.8 Å². The number of rotatable bonds is 5. The van der Waals surface area contributed by atoms with Crippen molar-refractivity contribution in [2.45, 2.75) is 19.3 Å². The van der Waals surface area contributed by atoms with Gasteiger partial charge >= 0.3 is 0 Å². The second-order valence-corrected chi connectivity index (χ2v) is 5.18. The lowest BCUT2D eigenvalue weighted by Crippen LogP contribution is -2.33. The van der Waals surface area contributed by atoms with E-state index in [1.807, 2.05) is 0 Å². The number of nitrogens with zero attached hydrogens (tertiary/aromatic N) is 1. The van der Waals surface area contributed by atoms with Gasteiger partial charge in [0, 0.05) is 18.7 Å². The van der Waals surface area contributed by atoms with Gasteiger partial charge < -0.3 is 10.6 Å². The van der Waals surface area contributed by atoms with Crippen LogP contribution in [0.4, 0.5) is 5.69 Å². The van der Waals surface area contributed by atoms with E-state index < -0.39 is 4.92 Å². The summed E-state index contributed by atoms with van der Waals surface area (Å²) >= 11 is 0. The molecule has 1 heterocycles. The molecule has 108 valence electrons. The van der Waals surface area contributed by atoms with Crippen molar-refractivity contribution in [3.63, 3.8) is 0 Å². The topological polar surface area (TPSA) is 84.3 Å². The number of carbonyl (C=O) groups is 1. The number of hydrogen-bond acceptors (Lipinski definition) is 4. The van der Waals surface area contributed by atoms with Gasteiger partial charge in [-0.2, -0.15) is 0 Å². The molecule has 0 spiro atoms. The van der Waals surface area contributed by atoms with E-state index in [9.17, 15) is 14.9 Å². The van der Waals surface area contributed by atoms with E-state index >= 15 is 0 Å². The number of hydrogen-bond donors (Lipinski definition) is 2. The van der Waals surface area contributed by atoms with E-state index in [0.29, 0.717) is 18.0 Å². The van der Waals surface area contributed by atoms with Crippen molar-refractivity contribution in [2.75, 3.05) is 19.6 Å². The third-order valence-electron chi connectivity index (χ3n) is 3.70. The van der Waals surface area contributed by atoms with E-state index in [4.69, 9.17) is 0 Å². The summed E-state index contributed by atoms with van der Waals surface area (Å²) in [5.74, 6) is 0.0120. The summed E-state index contributed by atoms with van der Waals surface area (Å²) in [5.41, 5.74) is 0.684. The maximum atomic E-state index is 12.1. The van der Waals surface area contributed by atoms with Crippen molar-refractivity contribution in [3.05, 3.63) is 39.9 Å². The van der Waals surface area contributed by atoms with E-state index in [0.717, 1.165) is 19.5 Å². The van der Waals surface area contributed by atoms with Crippen molar-refractivity contribution < 1.29 is 9.72 Å². The van der Waals surface area contributed by atoms with E-state index in [-0.39, 0.29) is 17.5 Å². The summed E-state index contributed by atoms with van der Waals surface area (Å²) < 4.78 is 0. The Hall–Kier alpha value is -1.95. The minimum Gasteiger partial charge on any atom is -0.355 e. The quantitative estimate of drug-likeness (QED) is 0.630. The number of nitro benzene ring substituents is 1. The lowest BCUT2D eigenvalue weighted by Gasteiger charge is -2.15. The van der Waals surface area contributed by atoms with Crippen LogP contribution in [0.2, 0.25) is 0 Å². The zero-order valence-corrected chi connectivity index (χ0v) is 11.5. The normalized spacial score (nSPS) is 19.6. The SMILES string of the molecule is CC(C(=O)NCC1CCNC1)c1cccc([N+](=O)[O-])c1. The van der Waals surface area contributed by atoms with Crippen LogP contribution in [0.1, 0.15) is 24.8 Å². The van der Waals surface area contributed by atoms with Gasteiger partial charge in [0.25, 0.3) is 5.69 Å². The van der Waals surface area contributed by atoms with Crippen LogP contribution in [0.5, 0.6) is 0 Å². The largest absolute Gasteiger partial charge is 0.355 e. The molecule has 6 heteroatoms. The standard InChI is InChI=1S/C14H19N3O3/c1-10(12-3-2-4-13(7-12)17(19)20)14(18)16-9-11-5-6-15-8-11/h2-4,7,10-11,15H,5-6,8-9H2,1H3,(H,16,18). The molecule has 2 N–H and O–H groups in total. The third-order valence-corrected chi connectivity index (χ3v) is 3.70. The van der Waals surface area contributed by atoms with Crippen LogP contribution in [0.3, 0.4) is 0 Å². The van der Waals surface area contributed by atoms with Crippen molar-refractivity contribution in [3.8, 4) is 0 Å². The van der Waals surface area contributed by atoms with Gasteiger partial charge in [0.1, 0.15) is 0 Å². The minimum atomic E-state index is -0.446. The molecule has 1 aliphatic heterocycles. The zero-order valence-electron chi connectivity index (χ0n) is 11.5. The first-order valence-electron chi connectivity index (χ1n) is 6.80. The molecule has 1 aliphatic rings. The molecular weight excluding hydrogens is 258 g/mol. The highest BCUT2D eigenvalue weighted by molar-refractivity contribution is 5.83. The second-order valence-electron chi connectivity index (χ2n) is 5.18. The molecule has 1 aromatic rings. The van der Waals surface area contributed by atoms with E-state index in [2.05, 4.69) is 10.6 Å². The second kappa shape index (κ2) is 6.47. The van der Waals surface area contributed by atoms with Gasteiger partial charge in [-0.3, -0.25) is 14.9 Å². The van der Waals surface area contributed by atoms with Gasteiger partial charge in [-0.05, 0) is 37.9 Å². The lowest BCUT2D eigenvalue weighted by molar-refractivity contribution is -0.384. The molecule has 0 aliphatic carbocycles. The van der Waals surface area contributed by atoms with Crippen molar-refractivity contribution in [1.29, 1.82) is 0 Å². The predicted octanol–water partition coefficient (Wildman–Crippen LogP) is 1.42. The number of benzene rings is 1. The zero-order chi connectivity index (χ0) is 14.5. The third kappa shape index (κ3) is 3.54. The molecule has 2 unspecified atom stereocenters. The van der Waals surface area contributed by atoms with Crippen molar-refractivity contribution >= 4 is 11.6 Å². The minimum absolute atomic E-state index is 0.0159. The molecule has 2 rings (SSSR count). The number of non-ortho nitro benzene ring substituents is 1. The summed E-state index contributed by atoms with van der Waals surface area (Å²) in [6, 6.07) is 6.24. The summed E-state index contributed by atoms with van der Waals surface area (Å²) in [4.78, 5) is 22.4. The molecule has 1 amide bonds. The summed E-state index contributed by atoms with van der Waals surface area (Å²) in [6.07, 6.45) is 1.07. The van der Waals surface area contributed by atoms with Crippen LogP contribution in [0.15, 0.2) is 24.3 Å². The molecule has 0 saturated carbocycles. The molecule has 0 aromatic heterocycles. The molecule has 1 aromatic carbocycles. The molecule has 0 radical (unpaired) electrons. The fraction of sp³-hybridized carbons (Fsp3) is 0.500. The van der Waals surface area contributed by atoms with Crippen molar-refractivity contribution in [2.24, 2.45) is 5.92 Å². The molecular formula is C14H19N3O3. The first-order valence-corrected chi connectivity index (χ1v) is 6.80. The monoisotopic (exact) mass is 277 g/mol. The van der Waals surface area contributed by atoms with Gasteiger partial charge in [0.15, 0.2) is 0 Å². The molecule has 1 fully saturated rings. The highest BCUT2D eigenvalue weighted by Crippen LogP contribution is 2.21.